The Balaban J connectivity index is 1.79. The molecule has 2 aliphatic rings. The van der Waals surface area contributed by atoms with Gasteiger partial charge in [-0.25, -0.2) is 0 Å². The van der Waals surface area contributed by atoms with Crippen molar-refractivity contribution < 1.29 is 9.47 Å². The van der Waals surface area contributed by atoms with Gasteiger partial charge in [-0.05, 0) is 38.4 Å². The zero-order valence-electron chi connectivity index (χ0n) is 12.3. The van der Waals surface area contributed by atoms with E-state index in [1.54, 1.807) is 0 Å². The molecule has 110 valence electrons. The van der Waals surface area contributed by atoms with Gasteiger partial charge in [0, 0.05) is 19.4 Å². The van der Waals surface area contributed by atoms with E-state index >= 15 is 0 Å². The quantitative estimate of drug-likeness (QED) is 0.919. The lowest BCUT2D eigenvalue weighted by Gasteiger charge is -2.47. The Morgan fingerprint density at radius 3 is 2.70 bits per heavy atom. The van der Waals surface area contributed by atoms with Gasteiger partial charge in [0.15, 0.2) is 0 Å². The Morgan fingerprint density at radius 1 is 1.25 bits per heavy atom. The predicted octanol–water partition coefficient (Wildman–Crippen LogP) is 3.07. The van der Waals surface area contributed by atoms with Gasteiger partial charge in [0.2, 0.25) is 0 Å². The van der Waals surface area contributed by atoms with E-state index in [2.05, 4.69) is 42.6 Å². The minimum absolute atomic E-state index is 0.0177. The second-order valence-corrected chi connectivity index (χ2v) is 5.97. The molecule has 20 heavy (non-hydrogen) atoms. The fourth-order valence-electron chi connectivity index (χ4n) is 3.57. The van der Waals surface area contributed by atoms with Gasteiger partial charge < -0.3 is 14.8 Å². The molecule has 1 aromatic rings. The van der Waals surface area contributed by atoms with Crippen molar-refractivity contribution in [1.29, 1.82) is 0 Å². The molecule has 0 unspecified atom stereocenters. The van der Waals surface area contributed by atoms with E-state index < -0.39 is 0 Å². The van der Waals surface area contributed by atoms with Crippen LogP contribution in [0.25, 0.3) is 0 Å². The lowest BCUT2D eigenvalue weighted by molar-refractivity contribution is -0.185. The normalized spacial score (nSPS) is 29.4. The SMILES string of the molecule is CCO[C@H]1C[C@@H](c2ccccc2)OC2(CCNCC2)C1. The molecule has 2 aliphatic heterocycles. The molecule has 2 saturated heterocycles. The van der Waals surface area contributed by atoms with E-state index in [1.807, 2.05) is 0 Å². The van der Waals surface area contributed by atoms with E-state index in [0.717, 1.165) is 45.4 Å². The fourth-order valence-corrected chi connectivity index (χ4v) is 3.57. The van der Waals surface area contributed by atoms with Crippen molar-refractivity contribution in [3.05, 3.63) is 35.9 Å². The van der Waals surface area contributed by atoms with Crippen LogP contribution in [0.15, 0.2) is 30.3 Å². The summed E-state index contributed by atoms with van der Waals surface area (Å²) >= 11 is 0. The maximum Gasteiger partial charge on any atom is 0.0857 e. The lowest BCUT2D eigenvalue weighted by Crippen LogP contribution is -2.50. The van der Waals surface area contributed by atoms with E-state index in [4.69, 9.17) is 9.47 Å². The number of piperidine rings is 1. The molecule has 0 aromatic heterocycles. The lowest BCUT2D eigenvalue weighted by atomic mass is 9.81. The highest BCUT2D eigenvalue weighted by Gasteiger charge is 2.43. The minimum Gasteiger partial charge on any atom is -0.378 e. The molecule has 0 radical (unpaired) electrons. The summed E-state index contributed by atoms with van der Waals surface area (Å²) in [5.74, 6) is 0. The van der Waals surface area contributed by atoms with Crippen LogP contribution in [0.4, 0.5) is 0 Å². The highest BCUT2D eigenvalue weighted by Crippen LogP contribution is 2.42. The van der Waals surface area contributed by atoms with Gasteiger partial charge in [0.25, 0.3) is 0 Å². The first-order chi connectivity index (χ1) is 9.81. The summed E-state index contributed by atoms with van der Waals surface area (Å²) in [5.41, 5.74) is 1.30. The molecule has 2 heterocycles. The third-order valence-electron chi connectivity index (χ3n) is 4.56. The Hall–Kier alpha value is -0.900. The van der Waals surface area contributed by atoms with E-state index in [1.165, 1.54) is 5.56 Å². The zero-order valence-corrected chi connectivity index (χ0v) is 12.3. The summed E-state index contributed by atoms with van der Waals surface area (Å²) in [6.45, 7) is 4.99. The molecule has 1 aromatic carbocycles. The van der Waals surface area contributed by atoms with Crippen molar-refractivity contribution in [3.8, 4) is 0 Å². The predicted molar refractivity (Wildman–Crippen MR) is 79.8 cm³/mol. The van der Waals surface area contributed by atoms with Gasteiger partial charge >= 0.3 is 0 Å². The standard InChI is InChI=1S/C17H25NO2/c1-2-19-15-12-16(14-6-4-3-5-7-14)20-17(13-15)8-10-18-11-9-17/h3-7,15-16,18H,2,8-13H2,1H3/t15-,16-/m0/s1. The third-order valence-corrected chi connectivity index (χ3v) is 4.56. The van der Waals surface area contributed by atoms with Crippen molar-refractivity contribution in [2.24, 2.45) is 0 Å². The number of hydrogen-bond acceptors (Lipinski definition) is 3. The molecule has 0 aliphatic carbocycles. The average molecular weight is 275 g/mol. The first-order valence-electron chi connectivity index (χ1n) is 7.86. The molecule has 2 fully saturated rings. The van der Waals surface area contributed by atoms with Crippen molar-refractivity contribution in [1.82, 2.24) is 5.32 Å². The Bertz CT molecular complexity index is 414. The molecule has 3 heteroatoms. The van der Waals surface area contributed by atoms with Crippen LogP contribution in [0.1, 0.15) is 44.3 Å². The molecular weight excluding hydrogens is 250 g/mol. The van der Waals surface area contributed by atoms with Gasteiger partial charge in [0.1, 0.15) is 0 Å². The van der Waals surface area contributed by atoms with Crippen LogP contribution in [-0.4, -0.2) is 31.4 Å². The summed E-state index contributed by atoms with van der Waals surface area (Å²) < 4.78 is 12.5. The number of ether oxygens (including phenoxy) is 2. The van der Waals surface area contributed by atoms with Gasteiger partial charge in [-0.15, -0.1) is 0 Å². The molecule has 1 N–H and O–H groups in total. The summed E-state index contributed by atoms with van der Waals surface area (Å²) in [5, 5.41) is 3.44. The van der Waals surface area contributed by atoms with Crippen LogP contribution in [0.3, 0.4) is 0 Å². The summed E-state index contributed by atoms with van der Waals surface area (Å²) in [6, 6.07) is 10.6. The number of rotatable bonds is 3. The first kappa shape index (κ1) is 14.1. The molecule has 0 bridgehead atoms. The molecule has 3 nitrogen and oxygen atoms in total. The number of nitrogens with one attached hydrogen (secondary N) is 1. The fraction of sp³-hybridized carbons (Fsp3) is 0.647. The number of hydrogen-bond donors (Lipinski definition) is 1. The Labute approximate surface area is 121 Å². The van der Waals surface area contributed by atoms with Crippen LogP contribution < -0.4 is 5.32 Å². The van der Waals surface area contributed by atoms with Gasteiger partial charge in [-0.3, -0.25) is 0 Å². The highest BCUT2D eigenvalue weighted by molar-refractivity contribution is 5.19. The van der Waals surface area contributed by atoms with Crippen LogP contribution in [0.5, 0.6) is 0 Å². The second-order valence-electron chi connectivity index (χ2n) is 5.97. The van der Waals surface area contributed by atoms with Gasteiger partial charge in [-0.1, -0.05) is 30.3 Å². The molecule has 0 saturated carbocycles. The highest BCUT2D eigenvalue weighted by atomic mass is 16.5. The first-order valence-corrected chi connectivity index (χ1v) is 7.86. The van der Waals surface area contributed by atoms with E-state index in [9.17, 15) is 0 Å². The molecular formula is C17H25NO2. The van der Waals surface area contributed by atoms with Crippen LogP contribution in [0, 0.1) is 0 Å². The van der Waals surface area contributed by atoms with Crippen LogP contribution in [-0.2, 0) is 9.47 Å². The Morgan fingerprint density at radius 2 is 2.00 bits per heavy atom. The van der Waals surface area contributed by atoms with Crippen molar-refractivity contribution >= 4 is 0 Å². The minimum atomic E-state index is 0.0177. The van der Waals surface area contributed by atoms with Gasteiger partial charge in [-0.2, -0.15) is 0 Å². The molecule has 1 spiro atoms. The van der Waals surface area contributed by atoms with Crippen LogP contribution in [0.2, 0.25) is 0 Å². The molecule has 2 atom stereocenters. The summed E-state index contributed by atoms with van der Waals surface area (Å²) in [6.07, 6.45) is 4.73. The average Bonchev–Trinajstić information content (AvgIpc) is 2.49. The van der Waals surface area contributed by atoms with E-state index in [0.29, 0.717) is 6.10 Å². The second kappa shape index (κ2) is 6.25. The smallest absolute Gasteiger partial charge is 0.0857 e. The summed E-state index contributed by atoms with van der Waals surface area (Å²) in [7, 11) is 0. The third kappa shape index (κ3) is 3.05. The van der Waals surface area contributed by atoms with E-state index in [-0.39, 0.29) is 11.7 Å². The maximum absolute atomic E-state index is 6.56. The molecule has 3 rings (SSSR count). The topological polar surface area (TPSA) is 30.5 Å². The summed E-state index contributed by atoms with van der Waals surface area (Å²) in [4.78, 5) is 0. The zero-order chi connectivity index (χ0) is 13.8. The maximum atomic E-state index is 6.56. The van der Waals surface area contributed by atoms with Crippen molar-refractivity contribution in [2.75, 3.05) is 19.7 Å². The molecule has 0 amide bonds. The number of benzene rings is 1. The largest absolute Gasteiger partial charge is 0.378 e. The van der Waals surface area contributed by atoms with Crippen molar-refractivity contribution in [2.45, 2.75) is 50.4 Å². The van der Waals surface area contributed by atoms with Crippen LogP contribution >= 0.6 is 0 Å². The Kier molecular flexibility index (Phi) is 4.39. The van der Waals surface area contributed by atoms with Gasteiger partial charge in [0.05, 0.1) is 17.8 Å². The van der Waals surface area contributed by atoms with Crippen molar-refractivity contribution in [3.63, 3.8) is 0 Å². The monoisotopic (exact) mass is 275 g/mol.